The molecule has 1 saturated heterocycles. The minimum Gasteiger partial charge on any atom is -0.387 e. The van der Waals surface area contributed by atoms with E-state index in [4.69, 9.17) is 9.47 Å². The average molecular weight is 284 g/mol. The Bertz CT molecular complexity index is 575. The number of rotatable bonds is 4. The van der Waals surface area contributed by atoms with Crippen LogP contribution >= 0.6 is 0 Å². The van der Waals surface area contributed by atoms with Gasteiger partial charge in [0.25, 0.3) is 5.56 Å². The van der Waals surface area contributed by atoms with Gasteiger partial charge >= 0.3 is 5.69 Å². The molecule has 0 aliphatic carbocycles. The predicted molar refractivity (Wildman–Crippen MR) is 71.6 cm³/mol. The Morgan fingerprint density at radius 1 is 1.45 bits per heavy atom. The quantitative estimate of drug-likeness (QED) is 0.811. The van der Waals surface area contributed by atoms with Gasteiger partial charge in [-0.05, 0) is 12.8 Å². The third kappa shape index (κ3) is 2.21. The molecule has 1 unspecified atom stereocenters. The van der Waals surface area contributed by atoms with E-state index in [1.807, 2.05) is 13.8 Å². The first kappa shape index (κ1) is 15.0. The summed E-state index contributed by atoms with van der Waals surface area (Å²) in [5.74, 6) is 0. The first-order valence-electron chi connectivity index (χ1n) is 6.69. The number of methoxy groups -OCH3 is 1. The lowest BCUT2D eigenvalue weighted by molar-refractivity contribution is -0.110. The summed E-state index contributed by atoms with van der Waals surface area (Å²) in [7, 11) is 1.46. The third-order valence-electron chi connectivity index (χ3n) is 4.08. The molecule has 1 aromatic rings. The van der Waals surface area contributed by atoms with E-state index in [-0.39, 0.29) is 0 Å². The number of aliphatic hydroxyl groups is 1. The first-order valence-corrected chi connectivity index (χ1v) is 6.69. The predicted octanol–water partition coefficient (Wildman–Crippen LogP) is 0.000100. The highest BCUT2D eigenvalue weighted by Gasteiger charge is 2.53. The average Bonchev–Trinajstić information content (AvgIpc) is 2.71. The molecule has 0 radical (unpaired) electrons. The standard InChI is InChI=1S/C13H20N2O5/c1-4-13(5-2)10(17)9(19-3)11(20-13)15-7-6-8(16)14-12(15)18/h6-7,9-11,17H,4-5H2,1-3H3,(H,14,16,18)/t9?,10-,11-/m1/s1. The molecule has 20 heavy (non-hydrogen) atoms. The smallest absolute Gasteiger partial charge is 0.330 e. The maximum absolute atomic E-state index is 11.9. The van der Waals surface area contributed by atoms with Crippen LogP contribution in [-0.4, -0.2) is 39.6 Å². The van der Waals surface area contributed by atoms with E-state index in [1.54, 1.807) is 0 Å². The summed E-state index contributed by atoms with van der Waals surface area (Å²) in [5, 5.41) is 10.4. The number of hydrogen-bond donors (Lipinski definition) is 2. The molecule has 0 amide bonds. The number of aromatic amines is 1. The highest BCUT2D eigenvalue weighted by Crippen LogP contribution is 2.41. The normalized spacial score (nSPS) is 28.7. The van der Waals surface area contributed by atoms with Gasteiger partial charge < -0.3 is 14.6 Å². The molecule has 1 aliphatic rings. The van der Waals surface area contributed by atoms with Crippen molar-refractivity contribution in [3.05, 3.63) is 33.1 Å². The molecule has 0 saturated carbocycles. The zero-order valence-corrected chi connectivity index (χ0v) is 11.8. The zero-order chi connectivity index (χ0) is 14.9. The molecule has 7 nitrogen and oxygen atoms in total. The first-order chi connectivity index (χ1) is 9.49. The van der Waals surface area contributed by atoms with Crippen molar-refractivity contribution in [3.8, 4) is 0 Å². The summed E-state index contributed by atoms with van der Waals surface area (Å²) >= 11 is 0. The maximum atomic E-state index is 11.9. The molecular formula is C13H20N2O5. The van der Waals surface area contributed by atoms with Gasteiger partial charge in [-0.15, -0.1) is 0 Å². The van der Waals surface area contributed by atoms with Crippen LogP contribution in [0.1, 0.15) is 32.9 Å². The Morgan fingerprint density at radius 2 is 2.10 bits per heavy atom. The van der Waals surface area contributed by atoms with E-state index >= 15 is 0 Å². The molecule has 7 heteroatoms. The molecule has 1 aromatic heterocycles. The molecule has 0 spiro atoms. The van der Waals surface area contributed by atoms with Crippen LogP contribution in [0.5, 0.6) is 0 Å². The highest BCUT2D eigenvalue weighted by molar-refractivity contribution is 5.01. The van der Waals surface area contributed by atoms with Gasteiger partial charge in [0.15, 0.2) is 6.23 Å². The van der Waals surface area contributed by atoms with Crippen molar-refractivity contribution in [1.82, 2.24) is 9.55 Å². The van der Waals surface area contributed by atoms with E-state index in [0.717, 1.165) is 0 Å². The van der Waals surface area contributed by atoms with Gasteiger partial charge in [0.2, 0.25) is 0 Å². The van der Waals surface area contributed by atoms with E-state index in [1.165, 1.54) is 23.9 Å². The van der Waals surface area contributed by atoms with E-state index in [9.17, 15) is 14.7 Å². The summed E-state index contributed by atoms with van der Waals surface area (Å²) in [6.07, 6.45) is 0.272. The lowest BCUT2D eigenvalue weighted by Gasteiger charge is -2.29. The van der Waals surface area contributed by atoms with Crippen LogP contribution in [0.25, 0.3) is 0 Å². The topological polar surface area (TPSA) is 93.6 Å². The zero-order valence-electron chi connectivity index (χ0n) is 11.8. The van der Waals surface area contributed by atoms with E-state index in [0.29, 0.717) is 12.8 Å². The number of H-pyrrole nitrogens is 1. The fraction of sp³-hybridized carbons (Fsp3) is 0.692. The second-order valence-electron chi connectivity index (χ2n) is 4.94. The van der Waals surface area contributed by atoms with Crippen molar-refractivity contribution in [2.45, 2.75) is 50.7 Å². The second kappa shape index (κ2) is 5.51. The van der Waals surface area contributed by atoms with Crippen molar-refractivity contribution in [2.24, 2.45) is 0 Å². The number of nitrogens with zero attached hydrogens (tertiary/aromatic N) is 1. The molecule has 0 bridgehead atoms. The summed E-state index contributed by atoms with van der Waals surface area (Å²) in [6, 6.07) is 1.24. The summed E-state index contributed by atoms with van der Waals surface area (Å²) in [4.78, 5) is 25.2. The van der Waals surface area contributed by atoms with Crippen molar-refractivity contribution in [3.63, 3.8) is 0 Å². The Kier molecular flexibility index (Phi) is 4.12. The highest BCUT2D eigenvalue weighted by atomic mass is 16.6. The van der Waals surface area contributed by atoms with Gasteiger partial charge in [-0.2, -0.15) is 0 Å². The minimum absolute atomic E-state index is 0.476. The number of ether oxygens (including phenoxy) is 2. The Balaban J connectivity index is 2.46. The van der Waals surface area contributed by atoms with Crippen LogP contribution in [-0.2, 0) is 9.47 Å². The maximum Gasteiger partial charge on any atom is 0.330 e. The monoisotopic (exact) mass is 284 g/mol. The van der Waals surface area contributed by atoms with Crippen LogP contribution in [0, 0.1) is 0 Å². The van der Waals surface area contributed by atoms with Crippen molar-refractivity contribution >= 4 is 0 Å². The number of nitrogens with one attached hydrogen (secondary N) is 1. The number of aliphatic hydroxyl groups excluding tert-OH is 1. The number of aromatic nitrogens is 2. The van der Waals surface area contributed by atoms with Crippen LogP contribution < -0.4 is 11.2 Å². The third-order valence-corrected chi connectivity index (χ3v) is 4.08. The van der Waals surface area contributed by atoms with Crippen LogP contribution in [0.3, 0.4) is 0 Å². The minimum atomic E-state index is -0.841. The SMILES string of the molecule is CCC1(CC)O[C@@H](n2ccc(=O)[nH]c2=O)C(OC)[C@H]1O. The van der Waals surface area contributed by atoms with Gasteiger partial charge in [0.05, 0.1) is 5.60 Å². The molecule has 2 heterocycles. The Labute approximate surface area is 116 Å². The van der Waals surface area contributed by atoms with Crippen molar-refractivity contribution < 1.29 is 14.6 Å². The fourth-order valence-electron chi connectivity index (χ4n) is 2.76. The second-order valence-corrected chi connectivity index (χ2v) is 4.94. The molecule has 2 N–H and O–H groups in total. The van der Waals surface area contributed by atoms with E-state index in [2.05, 4.69) is 4.98 Å². The molecule has 2 rings (SSSR count). The Morgan fingerprint density at radius 3 is 2.60 bits per heavy atom. The molecule has 3 atom stereocenters. The van der Waals surface area contributed by atoms with Crippen molar-refractivity contribution in [1.29, 1.82) is 0 Å². The Hall–Kier alpha value is -1.44. The van der Waals surface area contributed by atoms with Gasteiger partial charge in [0, 0.05) is 19.4 Å². The van der Waals surface area contributed by atoms with Gasteiger partial charge in [0.1, 0.15) is 12.2 Å². The lowest BCUT2D eigenvalue weighted by Crippen LogP contribution is -2.43. The molecule has 0 aromatic carbocycles. The van der Waals surface area contributed by atoms with Crippen LogP contribution in [0.2, 0.25) is 0 Å². The van der Waals surface area contributed by atoms with Crippen LogP contribution in [0.15, 0.2) is 21.9 Å². The summed E-state index contributed by atoms with van der Waals surface area (Å²) < 4.78 is 12.5. The lowest BCUT2D eigenvalue weighted by atomic mass is 9.90. The molecule has 1 aliphatic heterocycles. The summed E-state index contributed by atoms with van der Waals surface area (Å²) in [5.41, 5.74) is -1.81. The fourth-order valence-corrected chi connectivity index (χ4v) is 2.76. The number of hydrogen-bond acceptors (Lipinski definition) is 5. The van der Waals surface area contributed by atoms with Gasteiger partial charge in [-0.25, -0.2) is 4.79 Å². The molecular weight excluding hydrogens is 264 g/mol. The molecule has 1 fully saturated rings. The molecule has 112 valence electrons. The van der Waals surface area contributed by atoms with Gasteiger partial charge in [-0.1, -0.05) is 13.8 Å². The van der Waals surface area contributed by atoms with Crippen LogP contribution in [0.4, 0.5) is 0 Å². The summed E-state index contributed by atoms with van der Waals surface area (Å²) in [6.45, 7) is 3.83. The van der Waals surface area contributed by atoms with E-state index < -0.39 is 35.3 Å². The van der Waals surface area contributed by atoms with Crippen molar-refractivity contribution in [2.75, 3.05) is 7.11 Å². The van der Waals surface area contributed by atoms with Gasteiger partial charge in [-0.3, -0.25) is 14.3 Å². The largest absolute Gasteiger partial charge is 0.387 e.